The second kappa shape index (κ2) is 5.22. The van der Waals surface area contributed by atoms with Crippen molar-refractivity contribution in [2.45, 2.75) is 26.8 Å². The Bertz CT molecular complexity index is 542. The van der Waals surface area contributed by atoms with Crippen molar-refractivity contribution in [3.05, 3.63) is 5.69 Å². The minimum Gasteiger partial charge on any atom is -0.369 e. The number of nitrogens with two attached hydrogens (primary N) is 1. The van der Waals surface area contributed by atoms with Gasteiger partial charge in [-0.15, -0.1) is 0 Å². The molecule has 0 saturated heterocycles. The van der Waals surface area contributed by atoms with E-state index in [4.69, 9.17) is 5.73 Å². The molecule has 2 rings (SSSR count). The minimum absolute atomic E-state index is 0.569. The second-order valence-electron chi connectivity index (χ2n) is 4.74. The molecule has 0 aliphatic rings. The van der Waals surface area contributed by atoms with E-state index < -0.39 is 0 Å². The molecule has 0 aliphatic carbocycles. The third-order valence-corrected chi connectivity index (χ3v) is 4.00. The van der Waals surface area contributed by atoms with E-state index in [1.54, 1.807) is 0 Å². The summed E-state index contributed by atoms with van der Waals surface area (Å²) < 4.78 is 3.98. The van der Waals surface area contributed by atoms with Gasteiger partial charge in [0.25, 0.3) is 0 Å². The second-order valence-corrected chi connectivity index (χ2v) is 5.65. The predicted molar refractivity (Wildman–Crippen MR) is 77.8 cm³/mol. The van der Waals surface area contributed by atoms with E-state index >= 15 is 0 Å². The molecule has 0 amide bonds. The summed E-state index contributed by atoms with van der Waals surface area (Å²) in [5, 5.41) is 4.50. The van der Waals surface area contributed by atoms with Crippen molar-refractivity contribution in [3.8, 4) is 0 Å². The van der Waals surface area contributed by atoms with Crippen LogP contribution in [0.25, 0.3) is 11.2 Å². The molecule has 0 spiro atoms. The average molecular weight is 267 g/mol. The highest BCUT2D eigenvalue weighted by Gasteiger charge is 2.18. The van der Waals surface area contributed by atoms with Crippen molar-refractivity contribution >= 4 is 28.9 Å². The lowest BCUT2D eigenvalue weighted by Gasteiger charge is -2.12. The van der Waals surface area contributed by atoms with Gasteiger partial charge in [0.1, 0.15) is 5.52 Å². The number of nitrogen functional groups attached to an aromatic ring is 1. The molecule has 2 aromatic rings. The van der Waals surface area contributed by atoms with E-state index in [0.717, 1.165) is 35.6 Å². The summed E-state index contributed by atoms with van der Waals surface area (Å²) in [5.74, 6) is 2.29. The summed E-state index contributed by atoms with van der Waals surface area (Å²) in [6.45, 7) is 5.22. The molecule has 0 bridgehead atoms. The minimum atomic E-state index is 0.569. The summed E-state index contributed by atoms with van der Waals surface area (Å²) in [7, 11) is 1.96. The van der Waals surface area contributed by atoms with Gasteiger partial charge in [0.2, 0.25) is 5.95 Å². The molecule has 0 saturated carbocycles. The van der Waals surface area contributed by atoms with Crippen molar-refractivity contribution in [2.75, 3.05) is 17.7 Å². The maximum Gasteiger partial charge on any atom is 0.202 e. The quantitative estimate of drug-likeness (QED) is 0.899. The van der Waals surface area contributed by atoms with Gasteiger partial charge in [-0.3, -0.25) is 9.25 Å². The van der Waals surface area contributed by atoms with Gasteiger partial charge in [0.15, 0.2) is 5.65 Å². The zero-order valence-electron chi connectivity index (χ0n) is 11.5. The summed E-state index contributed by atoms with van der Waals surface area (Å²) in [5.41, 5.74) is 9.05. The first-order valence-electron chi connectivity index (χ1n) is 6.25. The van der Waals surface area contributed by atoms with Crippen LogP contribution in [-0.2, 0) is 20.0 Å². The molecule has 1 unspecified atom stereocenters. The third kappa shape index (κ3) is 2.21. The lowest BCUT2D eigenvalue weighted by molar-refractivity contribution is 0.536. The summed E-state index contributed by atoms with van der Waals surface area (Å²) >= 11 is 1.86. The first-order valence-corrected chi connectivity index (χ1v) is 7.64. The van der Waals surface area contributed by atoms with Crippen LogP contribution < -0.4 is 5.73 Å². The maximum absolute atomic E-state index is 6.04. The first kappa shape index (κ1) is 13.3. The molecule has 6 heteroatoms. The smallest absolute Gasteiger partial charge is 0.202 e. The van der Waals surface area contributed by atoms with Crippen LogP contribution in [0.1, 0.15) is 19.5 Å². The van der Waals surface area contributed by atoms with Crippen LogP contribution >= 0.6 is 11.8 Å². The fourth-order valence-electron chi connectivity index (χ4n) is 2.33. The van der Waals surface area contributed by atoms with Gasteiger partial charge in [-0.2, -0.15) is 16.9 Å². The van der Waals surface area contributed by atoms with Crippen LogP contribution in [0.5, 0.6) is 0 Å². The van der Waals surface area contributed by atoms with E-state index in [1.807, 2.05) is 23.5 Å². The lowest BCUT2D eigenvalue weighted by Crippen LogP contribution is -2.14. The Morgan fingerprint density at radius 1 is 1.44 bits per heavy atom. The number of anilines is 1. The Balaban J connectivity index is 2.43. The molecule has 100 valence electrons. The SMILES string of the molecule is CCc1nn(C)c2c1nc(N)n2CC(C)CSC. The standard InChI is InChI=1S/C12H21N5S/c1-5-9-10-11(16(3)15-9)17(12(13)14-10)6-8(2)7-18-4/h8H,5-7H2,1-4H3,(H2,13,14). The zero-order valence-corrected chi connectivity index (χ0v) is 12.3. The van der Waals surface area contributed by atoms with Crippen LogP contribution in [-0.4, -0.2) is 31.3 Å². The van der Waals surface area contributed by atoms with E-state index in [2.05, 4.69) is 34.8 Å². The molecule has 0 aromatic carbocycles. The molecule has 0 aliphatic heterocycles. The van der Waals surface area contributed by atoms with E-state index in [9.17, 15) is 0 Å². The van der Waals surface area contributed by atoms with Crippen molar-refractivity contribution in [1.82, 2.24) is 19.3 Å². The third-order valence-electron chi connectivity index (χ3n) is 3.10. The number of aryl methyl sites for hydroxylation is 2. The van der Waals surface area contributed by atoms with Crippen molar-refractivity contribution in [2.24, 2.45) is 13.0 Å². The van der Waals surface area contributed by atoms with Gasteiger partial charge in [-0.1, -0.05) is 13.8 Å². The van der Waals surface area contributed by atoms with Crippen molar-refractivity contribution in [3.63, 3.8) is 0 Å². The highest BCUT2D eigenvalue weighted by atomic mass is 32.2. The van der Waals surface area contributed by atoms with Crippen LogP contribution in [0, 0.1) is 5.92 Å². The van der Waals surface area contributed by atoms with E-state index in [0.29, 0.717) is 11.9 Å². The van der Waals surface area contributed by atoms with E-state index in [1.165, 1.54) is 0 Å². The Morgan fingerprint density at radius 3 is 2.78 bits per heavy atom. The molecule has 2 N–H and O–H groups in total. The number of aromatic nitrogens is 4. The summed E-state index contributed by atoms with van der Waals surface area (Å²) in [6, 6.07) is 0. The number of hydrogen-bond donors (Lipinski definition) is 1. The van der Waals surface area contributed by atoms with Crippen LogP contribution in [0.3, 0.4) is 0 Å². The number of fused-ring (bicyclic) bond motifs is 1. The molecule has 2 aromatic heterocycles. The van der Waals surface area contributed by atoms with Crippen LogP contribution in [0.2, 0.25) is 0 Å². The number of thioether (sulfide) groups is 1. The highest BCUT2D eigenvalue weighted by molar-refractivity contribution is 7.98. The van der Waals surface area contributed by atoms with Gasteiger partial charge >= 0.3 is 0 Å². The Hall–Kier alpha value is -1.17. The topological polar surface area (TPSA) is 61.7 Å². The van der Waals surface area contributed by atoms with Gasteiger partial charge in [0, 0.05) is 13.6 Å². The number of hydrogen-bond acceptors (Lipinski definition) is 4. The molecular weight excluding hydrogens is 246 g/mol. The van der Waals surface area contributed by atoms with Gasteiger partial charge < -0.3 is 5.73 Å². The number of nitrogens with zero attached hydrogens (tertiary/aromatic N) is 4. The fourth-order valence-corrected chi connectivity index (χ4v) is 3.00. The van der Waals surface area contributed by atoms with Crippen LogP contribution in [0.4, 0.5) is 5.95 Å². The van der Waals surface area contributed by atoms with Gasteiger partial charge in [0.05, 0.1) is 5.69 Å². The predicted octanol–water partition coefficient (Wildman–Crippen LogP) is 1.91. The van der Waals surface area contributed by atoms with Crippen molar-refractivity contribution in [1.29, 1.82) is 0 Å². The maximum atomic E-state index is 6.04. The largest absolute Gasteiger partial charge is 0.369 e. The first-order chi connectivity index (χ1) is 8.58. The van der Waals surface area contributed by atoms with Gasteiger partial charge in [-0.05, 0) is 24.3 Å². The summed E-state index contributed by atoms with van der Waals surface area (Å²) in [6.07, 6.45) is 3.01. The molecule has 5 nitrogen and oxygen atoms in total. The zero-order chi connectivity index (χ0) is 13.3. The van der Waals surface area contributed by atoms with Crippen molar-refractivity contribution < 1.29 is 0 Å². The summed E-state index contributed by atoms with van der Waals surface area (Å²) in [4.78, 5) is 4.47. The van der Waals surface area contributed by atoms with Crippen LogP contribution in [0.15, 0.2) is 0 Å². The molecule has 1 atom stereocenters. The Morgan fingerprint density at radius 2 is 2.17 bits per heavy atom. The van der Waals surface area contributed by atoms with Gasteiger partial charge in [-0.25, -0.2) is 4.98 Å². The molecule has 0 fully saturated rings. The molecule has 0 radical (unpaired) electrons. The fraction of sp³-hybridized carbons (Fsp3) is 0.667. The van der Waals surface area contributed by atoms with E-state index in [-0.39, 0.29) is 0 Å². The molecule has 2 heterocycles. The lowest BCUT2D eigenvalue weighted by atomic mass is 10.2. The number of imidazole rings is 1. The monoisotopic (exact) mass is 267 g/mol. The normalized spacial score (nSPS) is 13.3. The average Bonchev–Trinajstić information content (AvgIpc) is 2.79. The molecular formula is C12H21N5S. The Kier molecular flexibility index (Phi) is 3.85. The highest BCUT2D eigenvalue weighted by Crippen LogP contribution is 2.23. The number of rotatable bonds is 5. The Labute approximate surface area is 112 Å². The molecule has 18 heavy (non-hydrogen) atoms.